The van der Waals surface area contributed by atoms with Crippen LogP contribution < -0.4 is 0 Å². The molecule has 2 fully saturated rings. The first-order chi connectivity index (χ1) is 27.8. The maximum absolute atomic E-state index is 3.43. The Morgan fingerprint density at radius 1 is 0.441 bits per heavy atom. The predicted octanol–water partition coefficient (Wildman–Crippen LogP) is 15.9. The Labute approximate surface area is 568 Å². The molecule has 2 saturated carbocycles. The average Bonchev–Trinajstić information content (AvgIpc) is 4.09. The molecule has 68 heavy (non-hydrogen) atoms. The van der Waals surface area contributed by atoms with E-state index in [0.29, 0.717) is 0 Å². The number of rotatable bonds is 0. The number of hydrogen-bond acceptors (Lipinski definition) is 0. The van der Waals surface area contributed by atoms with E-state index < -0.39 is 0 Å². The van der Waals surface area contributed by atoms with Crippen LogP contribution in [0, 0.1) is 24.3 Å². The third kappa shape index (κ3) is 11.1. The molecule has 0 bridgehead atoms. The molecule has 4 unspecified atom stereocenters. The van der Waals surface area contributed by atoms with Crippen molar-refractivity contribution in [3.63, 3.8) is 0 Å². The van der Waals surface area contributed by atoms with E-state index in [-0.39, 0.29) is 245 Å². The monoisotopic (exact) mass is 1870 g/mol. The normalized spacial score (nSPS) is 21.6. The summed E-state index contributed by atoms with van der Waals surface area (Å²) in [7, 11) is 0. The molecule has 4 aromatic carbocycles. The molecule has 8 heteroatoms. The maximum atomic E-state index is 3.43. The molecule has 4 atom stereocenters. The average molecular weight is 1870 g/mol. The van der Waals surface area contributed by atoms with Gasteiger partial charge in [-0.25, -0.2) is 0 Å². The summed E-state index contributed by atoms with van der Waals surface area (Å²) >= 11 is 0. The minimum absolute atomic E-state index is 0. The van der Waals surface area contributed by atoms with Crippen LogP contribution in [0.3, 0.4) is 0 Å². The summed E-state index contributed by atoms with van der Waals surface area (Å²) in [6.45, 7) is 0. The fourth-order valence-electron chi connectivity index (χ4n) is 13.2. The van der Waals surface area contributed by atoms with Gasteiger partial charge in [0.2, 0.25) is 0 Å². The van der Waals surface area contributed by atoms with Gasteiger partial charge in [-0.05, 0) is 99.0 Å². The van der Waals surface area contributed by atoms with Crippen molar-refractivity contribution in [1.82, 2.24) is 0 Å². The number of aryl methyl sites for hydroxylation is 2. The van der Waals surface area contributed by atoms with E-state index in [4.69, 9.17) is 0 Å². The largest absolute Gasteiger partial charge is 0.183 e. The first kappa shape index (κ1) is 68.0. The molecule has 16 rings (SSSR count). The number of fused-ring (bicyclic) bond motifs is 10. The van der Waals surface area contributed by atoms with Crippen LogP contribution in [0.2, 0.25) is 0 Å². The molecule has 340 valence electrons. The Hall–Kier alpha value is 1.97. The van der Waals surface area contributed by atoms with Crippen molar-refractivity contribution < 1.29 is 215 Å². The van der Waals surface area contributed by atoms with Crippen molar-refractivity contribution in [2.75, 3.05) is 0 Å². The smallest absolute Gasteiger partial charge is 0 e. The van der Waals surface area contributed by atoms with Crippen molar-refractivity contribution >= 4 is 22.3 Å². The molecule has 12 aliphatic rings. The van der Waals surface area contributed by atoms with Gasteiger partial charge in [0.1, 0.15) is 0 Å². The van der Waals surface area contributed by atoms with E-state index in [9.17, 15) is 0 Å². The Balaban J connectivity index is 0.000000428. The van der Waals surface area contributed by atoms with E-state index in [1.807, 2.05) is 6.07 Å². The van der Waals surface area contributed by atoms with Crippen molar-refractivity contribution in [3.8, 4) is 0 Å². The van der Waals surface area contributed by atoms with Crippen LogP contribution in [0.25, 0.3) is 22.3 Å². The van der Waals surface area contributed by atoms with Crippen LogP contribution >= 0.6 is 0 Å². The van der Waals surface area contributed by atoms with Crippen molar-refractivity contribution in [1.29, 1.82) is 0 Å². The van der Waals surface area contributed by atoms with E-state index in [0.717, 1.165) is 42.9 Å². The first-order valence-corrected chi connectivity index (χ1v) is 21.5. The van der Waals surface area contributed by atoms with Gasteiger partial charge in [-0.1, -0.05) is 112 Å². The van der Waals surface area contributed by atoms with Crippen LogP contribution in [0.15, 0.2) is 131 Å². The second-order valence-electron chi connectivity index (χ2n) is 17.7. The minimum Gasteiger partial charge on any atom is -0.183 e. The molecule has 0 amide bonds. The molecule has 0 aromatic heterocycles. The third-order valence-electron chi connectivity index (χ3n) is 15.4. The zero-order valence-corrected chi connectivity index (χ0v) is 59.1. The quantitative estimate of drug-likeness (QED) is 0.154. The van der Waals surface area contributed by atoms with E-state index >= 15 is 0 Å². The Morgan fingerprint density at radius 3 is 1.74 bits per heavy atom. The molecule has 4 radical (unpaired) electrons. The van der Waals surface area contributed by atoms with Gasteiger partial charge in [-0.2, -0.15) is 48.0 Å². The number of benzene rings is 4. The Morgan fingerprint density at radius 2 is 1.01 bits per heavy atom. The second-order valence-corrected chi connectivity index (χ2v) is 17.7. The summed E-state index contributed by atoms with van der Waals surface area (Å²) in [5.74, 6) is 2.93. The minimum atomic E-state index is 0. The van der Waals surface area contributed by atoms with Gasteiger partial charge in [0.05, 0.1) is 0 Å². The molecule has 0 N–H and O–H groups in total. The van der Waals surface area contributed by atoms with E-state index in [1.165, 1.54) is 80.0 Å². The molecule has 0 spiro atoms. The maximum Gasteiger partial charge on any atom is 0 e. The van der Waals surface area contributed by atoms with Crippen molar-refractivity contribution in [2.45, 2.75) is 130 Å². The molecule has 0 heterocycles. The summed E-state index contributed by atoms with van der Waals surface area (Å²) in [6, 6.07) is 35.0. The summed E-state index contributed by atoms with van der Waals surface area (Å²) in [5.41, 5.74) is 31.5. The molecule has 12 aliphatic carbocycles. The van der Waals surface area contributed by atoms with Crippen molar-refractivity contribution in [2.24, 2.45) is 0 Å². The van der Waals surface area contributed by atoms with Gasteiger partial charge in [0.15, 0.2) is 0 Å². The fraction of sp³-hybridized carbons (Fsp3) is 0.333. The number of allylic oxidation sites excluding steroid dienone is 16. The van der Waals surface area contributed by atoms with Crippen LogP contribution in [-0.4, -0.2) is 0 Å². The van der Waals surface area contributed by atoms with Gasteiger partial charge in [0, 0.05) is 215 Å². The van der Waals surface area contributed by atoms with Crippen LogP contribution in [0.5, 0.6) is 0 Å². The topological polar surface area (TPSA) is 0 Å². The number of hydrogen-bond donors (Lipinski definition) is 0. The zero-order chi connectivity index (χ0) is 36.5. The van der Waals surface area contributed by atoms with Gasteiger partial charge in [0.25, 0.3) is 0 Å². The van der Waals surface area contributed by atoms with Gasteiger partial charge in [-0.3, -0.25) is 0 Å². The third-order valence-corrected chi connectivity index (χ3v) is 15.4. The first-order valence-electron chi connectivity index (χ1n) is 21.5. The molecule has 4 aromatic rings. The fourth-order valence-corrected chi connectivity index (χ4v) is 13.2. The van der Waals surface area contributed by atoms with Gasteiger partial charge in [-0.15, -0.1) is 104 Å². The molecule has 0 nitrogen and oxygen atoms in total. The van der Waals surface area contributed by atoms with E-state index in [2.05, 4.69) is 115 Å². The van der Waals surface area contributed by atoms with Crippen LogP contribution in [0.1, 0.15) is 173 Å². The molecular formula is C60H60W4Y4-4. The zero-order valence-electron chi connectivity index (χ0n) is 36.0. The molecule has 0 aliphatic heterocycles. The standard InChI is InChI=1S/4C14H11.4CH4.4W.4Y/c2*1-3-9-7-8-13-11-5-2-4-10(11)12(6-1)14(9)13;2*1-2-4-11-10(3-1)12-7-5-9-6-8-13(11)14(9)12;;;;;;;;;;;;/h2-3,5-6,13H,4,7-8H2;1-3,5,13H,4,7-8H2;1,3-4,6,12H,5,7-8H2;1-3,6,12H,5,7-8H2;4*1H4;;;;;;;;/q4*-1;;;;;;;;;;;;. The van der Waals surface area contributed by atoms with Gasteiger partial charge < -0.3 is 0 Å². The summed E-state index contributed by atoms with van der Waals surface area (Å²) in [6.07, 6.45) is 29.2. The molecule has 0 saturated heterocycles. The predicted molar refractivity (Wildman–Crippen MR) is 255 cm³/mol. The second kappa shape index (κ2) is 28.4. The summed E-state index contributed by atoms with van der Waals surface area (Å²) in [4.78, 5) is 0. The Bertz CT molecular complexity index is 2560. The van der Waals surface area contributed by atoms with Crippen molar-refractivity contribution in [3.05, 3.63) is 210 Å². The summed E-state index contributed by atoms with van der Waals surface area (Å²) < 4.78 is 0. The molecular weight excluding hydrogens is 1810 g/mol. The van der Waals surface area contributed by atoms with Crippen LogP contribution in [-0.2, 0) is 228 Å². The van der Waals surface area contributed by atoms with Crippen LogP contribution in [0.4, 0.5) is 0 Å². The van der Waals surface area contributed by atoms with E-state index in [1.54, 1.807) is 89.1 Å². The SMILES string of the molecule is C.C.C.C.[W].[W].[W].[W].[Y].[Y].[Y].[Y].[c-]1cc2c3c(c1)C1=C(C=CC1)C3CC2.[c-]1ccc2c(c1)C1=C3C(=CC1)CCC32.[c-]1ccc2c3c1C1=C(C=CC1)C3CC2.[c-]1cccc2c1C1=C3C(=CC1)CCC32. The van der Waals surface area contributed by atoms with Gasteiger partial charge >= 0.3 is 0 Å². The Kier molecular flexibility index (Phi) is 28.4. The summed E-state index contributed by atoms with van der Waals surface area (Å²) in [5, 5.41) is 0.